The first-order valence-corrected chi connectivity index (χ1v) is 8.19. The van der Waals surface area contributed by atoms with Gasteiger partial charge in [-0.3, -0.25) is 4.79 Å². The number of amides is 1. The highest BCUT2D eigenvalue weighted by atomic mass is 16.5. The second-order valence-electron chi connectivity index (χ2n) is 6.98. The summed E-state index contributed by atoms with van der Waals surface area (Å²) in [4.78, 5) is 11.6. The zero-order valence-corrected chi connectivity index (χ0v) is 13.0. The van der Waals surface area contributed by atoms with Gasteiger partial charge in [0.05, 0.1) is 11.6 Å². The van der Waals surface area contributed by atoms with Gasteiger partial charge in [0.2, 0.25) is 5.91 Å². The lowest BCUT2D eigenvalue weighted by molar-refractivity contribution is -0.124. The Kier molecular flexibility index (Phi) is 5.44. The Bertz CT molecular complexity index is 330. The lowest BCUT2D eigenvalue weighted by Crippen LogP contribution is -2.54. The summed E-state index contributed by atoms with van der Waals surface area (Å²) in [5.41, 5.74) is 4.98. The topological polar surface area (TPSA) is 64.3 Å². The van der Waals surface area contributed by atoms with E-state index in [-0.39, 0.29) is 5.91 Å². The molecule has 0 aliphatic heterocycles. The third-order valence-corrected chi connectivity index (χ3v) is 4.71. The van der Waals surface area contributed by atoms with E-state index in [0.29, 0.717) is 12.1 Å². The Morgan fingerprint density at radius 1 is 1.35 bits per heavy atom. The fraction of sp³-hybridized carbons (Fsp3) is 0.938. The third-order valence-electron chi connectivity index (χ3n) is 4.71. The molecule has 0 radical (unpaired) electrons. The van der Waals surface area contributed by atoms with E-state index in [9.17, 15) is 4.79 Å². The zero-order valence-electron chi connectivity index (χ0n) is 13.0. The van der Waals surface area contributed by atoms with E-state index in [1.165, 1.54) is 38.5 Å². The van der Waals surface area contributed by atoms with Crippen molar-refractivity contribution >= 4 is 5.91 Å². The molecule has 2 aliphatic carbocycles. The van der Waals surface area contributed by atoms with Crippen LogP contribution in [0.3, 0.4) is 0 Å². The maximum atomic E-state index is 11.6. The number of hydrogen-bond acceptors (Lipinski definition) is 3. The Balaban J connectivity index is 1.66. The standard InChI is InChI=1S/C16H30N2O2/c1-12-5-3-6-14(11-12)20-10-4-9-16(2,15(17)19)18-13-7-8-13/h12-14,18H,3-11H2,1-2H3,(H2,17,19). The number of rotatable bonds is 8. The van der Waals surface area contributed by atoms with Gasteiger partial charge in [0.1, 0.15) is 0 Å². The molecular weight excluding hydrogens is 252 g/mol. The summed E-state index contributed by atoms with van der Waals surface area (Å²) in [6.07, 6.45) is 9.42. The van der Waals surface area contributed by atoms with Crippen LogP contribution in [0.5, 0.6) is 0 Å². The van der Waals surface area contributed by atoms with Crippen LogP contribution >= 0.6 is 0 Å². The molecular formula is C16H30N2O2. The molecule has 3 unspecified atom stereocenters. The van der Waals surface area contributed by atoms with Gasteiger partial charge in [-0.05, 0) is 51.4 Å². The first kappa shape index (κ1) is 15.8. The van der Waals surface area contributed by atoms with Crippen LogP contribution in [0.2, 0.25) is 0 Å². The van der Waals surface area contributed by atoms with Crippen molar-refractivity contribution in [2.75, 3.05) is 6.61 Å². The number of nitrogens with two attached hydrogens (primary N) is 1. The highest BCUT2D eigenvalue weighted by Crippen LogP contribution is 2.27. The lowest BCUT2D eigenvalue weighted by Gasteiger charge is -2.29. The lowest BCUT2D eigenvalue weighted by atomic mass is 9.88. The van der Waals surface area contributed by atoms with Crippen molar-refractivity contribution in [1.82, 2.24) is 5.32 Å². The van der Waals surface area contributed by atoms with Gasteiger partial charge < -0.3 is 15.8 Å². The average Bonchev–Trinajstić information content (AvgIpc) is 3.18. The van der Waals surface area contributed by atoms with E-state index in [0.717, 1.165) is 25.4 Å². The first-order valence-electron chi connectivity index (χ1n) is 8.19. The van der Waals surface area contributed by atoms with E-state index < -0.39 is 5.54 Å². The molecule has 4 heteroatoms. The normalized spacial score (nSPS) is 29.9. The number of carbonyl (C=O) groups excluding carboxylic acids is 1. The molecule has 3 atom stereocenters. The molecule has 2 aliphatic rings. The van der Waals surface area contributed by atoms with Crippen LogP contribution in [0, 0.1) is 5.92 Å². The van der Waals surface area contributed by atoms with Crippen molar-refractivity contribution in [3.05, 3.63) is 0 Å². The molecule has 116 valence electrons. The molecule has 0 spiro atoms. The molecule has 0 saturated heterocycles. The largest absolute Gasteiger partial charge is 0.378 e. The number of hydrogen-bond donors (Lipinski definition) is 2. The molecule has 0 aromatic rings. The van der Waals surface area contributed by atoms with Crippen molar-refractivity contribution in [3.8, 4) is 0 Å². The van der Waals surface area contributed by atoms with Gasteiger partial charge in [0.15, 0.2) is 0 Å². The van der Waals surface area contributed by atoms with Crippen LogP contribution in [0.25, 0.3) is 0 Å². The number of carbonyl (C=O) groups is 1. The fourth-order valence-corrected chi connectivity index (χ4v) is 3.15. The Labute approximate surface area is 122 Å². The summed E-state index contributed by atoms with van der Waals surface area (Å²) in [5, 5.41) is 3.38. The van der Waals surface area contributed by atoms with E-state index in [4.69, 9.17) is 10.5 Å². The SMILES string of the molecule is CC1CCCC(OCCCC(C)(NC2CC2)C(N)=O)C1. The van der Waals surface area contributed by atoms with Crippen molar-refractivity contribution in [2.45, 2.75) is 82.9 Å². The molecule has 2 saturated carbocycles. The van der Waals surface area contributed by atoms with Crippen molar-refractivity contribution in [3.63, 3.8) is 0 Å². The average molecular weight is 282 g/mol. The first-order chi connectivity index (χ1) is 9.49. The minimum atomic E-state index is -0.565. The maximum Gasteiger partial charge on any atom is 0.237 e. The summed E-state index contributed by atoms with van der Waals surface area (Å²) in [6.45, 7) is 4.97. The zero-order chi connectivity index (χ0) is 14.6. The van der Waals surface area contributed by atoms with E-state index in [2.05, 4.69) is 12.2 Å². The summed E-state index contributed by atoms with van der Waals surface area (Å²) >= 11 is 0. The highest BCUT2D eigenvalue weighted by Gasteiger charge is 2.36. The van der Waals surface area contributed by atoms with Crippen LogP contribution in [-0.4, -0.2) is 30.2 Å². The Hall–Kier alpha value is -0.610. The number of primary amides is 1. The van der Waals surface area contributed by atoms with Crippen molar-refractivity contribution in [1.29, 1.82) is 0 Å². The molecule has 0 aromatic heterocycles. The molecule has 0 bridgehead atoms. The van der Waals surface area contributed by atoms with Gasteiger partial charge in [-0.1, -0.05) is 19.8 Å². The molecule has 1 amide bonds. The van der Waals surface area contributed by atoms with Crippen molar-refractivity contribution < 1.29 is 9.53 Å². The van der Waals surface area contributed by atoms with Crippen LogP contribution < -0.4 is 11.1 Å². The van der Waals surface area contributed by atoms with E-state index in [1.807, 2.05) is 6.92 Å². The highest BCUT2D eigenvalue weighted by molar-refractivity contribution is 5.84. The summed E-state index contributed by atoms with van der Waals surface area (Å²) in [5.74, 6) is 0.553. The second-order valence-corrected chi connectivity index (χ2v) is 6.98. The van der Waals surface area contributed by atoms with Crippen LogP contribution in [0.1, 0.15) is 65.2 Å². The van der Waals surface area contributed by atoms with Gasteiger partial charge in [0, 0.05) is 12.6 Å². The summed E-state index contributed by atoms with van der Waals surface area (Å²) < 4.78 is 5.97. The molecule has 0 aromatic carbocycles. The predicted molar refractivity (Wildman–Crippen MR) is 80.4 cm³/mol. The second kappa shape index (κ2) is 6.90. The van der Waals surface area contributed by atoms with Gasteiger partial charge in [-0.25, -0.2) is 0 Å². The van der Waals surface area contributed by atoms with Gasteiger partial charge in [-0.2, -0.15) is 0 Å². The van der Waals surface area contributed by atoms with Gasteiger partial charge in [-0.15, -0.1) is 0 Å². The Morgan fingerprint density at radius 2 is 2.10 bits per heavy atom. The molecule has 2 fully saturated rings. The van der Waals surface area contributed by atoms with Crippen LogP contribution in [0.4, 0.5) is 0 Å². The van der Waals surface area contributed by atoms with E-state index in [1.54, 1.807) is 0 Å². The fourth-order valence-electron chi connectivity index (χ4n) is 3.15. The monoisotopic (exact) mass is 282 g/mol. The minimum Gasteiger partial charge on any atom is -0.378 e. The smallest absolute Gasteiger partial charge is 0.237 e. The van der Waals surface area contributed by atoms with Crippen molar-refractivity contribution in [2.24, 2.45) is 11.7 Å². The Morgan fingerprint density at radius 3 is 2.70 bits per heavy atom. The molecule has 3 N–H and O–H groups in total. The van der Waals surface area contributed by atoms with Gasteiger partial charge >= 0.3 is 0 Å². The molecule has 2 rings (SSSR count). The quantitative estimate of drug-likeness (QED) is 0.672. The van der Waals surface area contributed by atoms with Gasteiger partial charge in [0.25, 0.3) is 0 Å². The molecule has 20 heavy (non-hydrogen) atoms. The van der Waals surface area contributed by atoms with Crippen LogP contribution in [-0.2, 0) is 9.53 Å². The number of nitrogens with one attached hydrogen (secondary N) is 1. The summed E-state index contributed by atoms with van der Waals surface area (Å²) in [6, 6.07) is 0.493. The minimum absolute atomic E-state index is 0.240. The number of ether oxygens (including phenoxy) is 1. The van der Waals surface area contributed by atoms with E-state index >= 15 is 0 Å². The molecule has 4 nitrogen and oxygen atoms in total. The maximum absolute atomic E-state index is 11.6. The third kappa shape index (κ3) is 4.74. The predicted octanol–water partition coefficient (Wildman–Crippen LogP) is 2.36. The molecule has 0 heterocycles. The van der Waals surface area contributed by atoms with Crippen LogP contribution in [0.15, 0.2) is 0 Å². The summed E-state index contributed by atoms with van der Waals surface area (Å²) in [7, 11) is 0.